The molecule has 0 aromatic heterocycles. The van der Waals surface area contributed by atoms with E-state index in [0.29, 0.717) is 25.1 Å². The molecule has 0 heterocycles. The molecule has 0 aliphatic heterocycles. The molecule has 4 heteroatoms. The van der Waals surface area contributed by atoms with Crippen LogP contribution in [0.4, 0.5) is 0 Å². The zero-order valence-electron chi connectivity index (χ0n) is 11.0. The number of nitrogens with one attached hydrogen (secondary N) is 1. The van der Waals surface area contributed by atoms with Crippen LogP contribution in [0.25, 0.3) is 0 Å². The summed E-state index contributed by atoms with van der Waals surface area (Å²) in [4.78, 5) is 12.0. The van der Waals surface area contributed by atoms with E-state index in [1.54, 1.807) is 24.3 Å². The molecule has 100 valence electrons. The number of aliphatic hydroxyl groups excluding tert-OH is 1. The minimum Gasteiger partial charge on any atom is -0.494 e. The number of rotatable bonds is 8. The molecule has 2 N–H and O–H groups in total. The summed E-state index contributed by atoms with van der Waals surface area (Å²) >= 11 is 0. The van der Waals surface area contributed by atoms with E-state index in [4.69, 9.17) is 9.84 Å². The lowest BCUT2D eigenvalue weighted by Gasteiger charge is -2.12. The predicted molar refractivity (Wildman–Crippen MR) is 71.1 cm³/mol. The van der Waals surface area contributed by atoms with Gasteiger partial charge in [-0.25, -0.2) is 0 Å². The van der Waals surface area contributed by atoms with Crippen LogP contribution < -0.4 is 10.1 Å². The van der Waals surface area contributed by atoms with E-state index in [1.807, 2.05) is 13.8 Å². The van der Waals surface area contributed by atoms with Gasteiger partial charge in [-0.1, -0.05) is 0 Å². The fraction of sp³-hybridized carbons (Fsp3) is 0.500. The number of Topliss-reactive ketones (excluding diaryl/α,β-unsaturated/α-hetero) is 1. The minimum absolute atomic E-state index is 0.0518. The Labute approximate surface area is 108 Å². The standard InChI is InChI=1S/C14H21NO3/c1-3-18-13-7-5-12(6-8-13)14(17)11(2)15-9-4-10-16/h5-8,11,15-16H,3-4,9-10H2,1-2H3. The third-order valence-electron chi connectivity index (χ3n) is 2.63. The van der Waals surface area contributed by atoms with E-state index in [9.17, 15) is 4.79 Å². The average molecular weight is 251 g/mol. The van der Waals surface area contributed by atoms with Crippen LogP contribution in [0.2, 0.25) is 0 Å². The quantitative estimate of drug-likeness (QED) is 0.544. The van der Waals surface area contributed by atoms with Crippen molar-refractivity contribution in [2.45, 2.75) is 26.3 Å². The largest absolute Gasteiger partial charge is 0.494 e. The summed E-state index contributed by atoms with van der Waals surface area (Å²) in [6.45, 7) is 5.15. The SMILES string of the molecule is CCOc1ccc(C(=O)C(C)NCCCO)cc1. The number of carbonyl (C=O) groups is 1. The van der Waals surface area contributed by atoms with Crippen LogP contribution in [-0.4, -0.2) is 36.7 Å². The van der Waals surface area contributed by atoms with E-state index >= 15 is 0 Å². The van der Waals surface area contributed by atoms with Gasteiger partial charge in [0.2, 0.25) is 0 Å². The van der Waals surface area contributed by atoms with E-state index < -0.39 is 0 Å². The monoisotopic (exact) mass is 251 g/mol. The fourth-order valence-corrected chi connectivity index (χ4v) is 1.62. The third-order valence-corrected chi connectivity index (χ3v) is 2.63. The van der Waals surface area contributed by atoms with Crippen LogP contribution >= 0.6 is 0 Å². The minimum atomic E-state index is -0.241. The molecule has 0 spiro atoms. The highest BCUT2D eigenvalue weighted by Gasteiger charge is 2.14. The van der Waals surface area contributed by atoms with Crippen molar-refractivity contribution in [1.29, 1.82) is 0 Å². The molecule has 1 rings (SSSR count). The molecule has 0 bridgehead atoms. The summed E-state index contributed by atoms with van der Waals surface area (Å²) in [5, 5.41) is 11.8. The molecule has 1 unspecified atom stereocenters. The lowest BCUT2D eigenvalue weighted by Crippen LogP contribution is -2.34. The van der Waals surface area contributed by atoms with Crippen molar-refractivity contribution >= 4 is 5.78 Å². The molecule has 0 saturated heterocycles. The van der Waals surface area contributed by atoms with Crippen LogP contribution in [-0.2, 0) is 0 Å². The molecular weight excluding hydrogens is 230 g/mol. The van der Waals surface area contributed by atoms with Crippen molar-refractivity contribution < 1.29 is 14.6 Å². The normalized spacial score (nSPS) is 12.2. The molecule has 1 aromatic carbocycles. The Morgan fingerprint density at radius 3 is 2.61 bits per heavy atom. The number of benzene rings is 1. The Morgan fingerprint density at radius 1 is 1.39 bits per heavy atom. The number of hydrogen-bond acceptors (Lipinski definition) is 4. The molecule has 4 nitrogen and oxygen atoms in total. The summed E-state index contributed by atoms with van der Waals surface area (Å²) in [5.41, 5.74) is 0.669. The maximum atomic E-state index is 12.0. The second-order valence-corrected chi connectivity index (χ2v) is 4.07. The van der Waals surface area contributed by atoms with Gasteiger partial charge >= 0.3 is 0 Å². The van der Waals surface area contributed by atoms with Crippen LogP contribution in [0.15, 0.2) is 24.3 Å². The van der Waals surface area contributed by atoms with Crippen LogP contribution in [0.5, 0.6) is 5.75 Å². The molecule has 0 fully saturated rings. The molecular formula is C14H21NO3. The van der Waals surface area contributed by atoms with E-state index in [1.165, 1.54) is 0 Å². The molecule has 0 amide bonds. The van der Waals surface area contributed by atoms with Crippen LogP contribution in [0, 0.1) is 0 Å². The molecule has 0 aliphatic carbocycles. The smallest absolute Gasteiger partial charge is 0.179 e. The van der Waals surface area contributed by atoms with Crippen molar-refractivity contribution in [1.82, 2.24) is 5.32 Å². The van der Waals surface area contributed by atoms with Crippen LogP contribution in [0.3, 0.4) is 0 Å². The van der Waals surface area contributed by atoms with Gasteiger partial charge in [-0.2, -0.15) is 0 Å². The van der Waals surface area contributed by atoms with Gasteiger partial charge in [-0.05, 0) is 51.1 Å². The van der Waals surface area contributed by atoms with E-state index in [-0.39, 0.29) is 18.4 Å². The Bertz CT molecular complexity index is 362. The van der Waals surface area contributed by atoms with Gasteiger partial charge in [0.05, 0.1) is 12.6 Å². The molecule has 0 aliphatic rings. The topological polar surface area (TPSA) is 58.6 Å². The Morgan fingerprint density at radius 2 is 2.06 bits per heavy atom. The summed E-state index contributed by atoms with van der Waals surface area (Å²) in [7, 11) is 0. The zero-order chi connectivity index (χ0) is 13.4. The second-order valence-electron chi connectivity index (χ2n) is 4.07. The summed E-state index contributed by atoms with van der Waals surface area (Å²) in [5.74, 6) is 0.825. The highest BCUT2D eigenvalue weighted by atomic mass is 16.5. The number of ether oxygens (including phenoxy) is 1. The van der Waals surface area contributed by atoms with Crippen molar-refractivity contribution in [2.24, 2.45) is 0 Å². The molecule has 1 atom stereocenters. The van der Waals surface area contributed by atoms with Gasteiger partial charge in [-0.15, -0.1) is 0 Å². The van der Waals surface area contributed by atoms with Crippen molar-refractivity contribution in [3.05, 3.63) is 29.8 Å². The second kappa shape index (κ2) is 7.84. The first-order valence-corrected chi connectivity index (χ1v) is 6.30. The zero-order valence-corrected chi connectivity index (χ0v) is 11.0. The van der Waals surface area contributed by atoms with Crippen LogP contribution in [0.1, 0.15) is 30.6 Å². The number of ketones is 1. The summed E-state index contributed by atoms with van der Waals surface area (Å²) < 4.78 is 5.33. The highest BCUT2D eigenvalue weighted by Crippen LogP contribution is 2.13. The molecule has 18 heavy (non-hydrogen) atoms. The molecule has 1 aromatic rings. The number of aliphatic hydroxyl groups is 1. The first-order valence-electron chi connectivity index (χ1n) is 6.30. The van der Waals surface area contributed by atoms with Gasteiger partial charge in [0, 0.05) is 12.2 Å². The Balaban J connectivity index is 2.54. The van der Waals surface area contributed by atoms with Gasteiger partial charge in [0.15, 0.2) is 5.78 Å². The van der Waals surface area contributed by atoms with E-state index in [2.05, 4.69) is 5.32 Å². The van der Waals surface area contributed by atoms with Gasteiger partial charge in [0.1, 0.15) is 5.75 Å². The maximum absolute atomic E-state index is 12.0. The van der Waals surface area contributed by atoms with Gasteiger partial charge in [-0.3, -0.25) is 4.79 Å². The number of hydrogen-bond donors (Lipinski definition) is 2. The molecule has 0 radical (unpaired) electrons. The average Bonchev–Trinajstić information content (AvgIpc) is 2.39. The fourth-order valence-electron chi connectivity index (χ4n) is 1.62. The Hall–Kier alpha value is -1.39. The summed E-state index contributed by atoms with van der Waals surface area (Å²) in [6, 6.07) is 6.91. The predicted octanol–water partition coefficient (Wildman–Crippen LogP) is 1.63. The first-order chi connectivity index (χ1) is 8.69. The number of carbonyl (C=O) groups excluding carboxylic acids is 1. The van der Waals surface area contributed by atoms with Gasteiger partial charge < -0.3 is 15.2 Å². The lowest BCUT2D eigenvalue weighted by molar-refractivity contribution is 0.0950. The van der Waals surface area contributed by atoms with Crippen molar-refractivity contribution in [3.63, 3.8) is 0 Å². The Kier molecular flexibility index (Phi) is 6.39. The lowest BCUT2D eigenvalue weighted by atomic mass is 10.1. The first kappa shape index (κ1) is 14.7. The maximum Gasteiger partial charge on any atom is 0.179 e. The molecule has 0 saturated carbocycles. The highest BCUT2D eigenvalue weighted by molar-refractivity contribution is 5.99. The third kappa shape index (κ3) is 4.47. The van der Waals surface area contributed by atoms with E-state index in [0.717, 1.165) is 5.75 Å². The summed E-state index contributed by atoms with van der Waals surface area (Å²) in [6.07, 6.45) is 0.654. The van der Waals surface area contributed by atoms with Gasteiger partial charge in [0.25, 0.3) is 0 Å². The van der Waals surface area contributed by atoms with Crippen molar-refractivity contribution in [2.75, 3.05) is 19.8 Å². The van der Waals surface area contributed by atoms with Crippen molar-refractivity contribution in [3.8, 4) is 5.75 Å².